The van der Waals surface area contributed by atoms with Gasteiger partial charge in [0, 0.05) is 5.41 Å². The second-order valence-electron chi connectivity index (χ2n) is 5.27. The molecule has 12 heavy (non-hydrogen) atoms. The summed E-state index contributed by atoms with van der Waals surface area (Å²) in [6, 6.07) is 0. The number of aliphatic hydroxyl groups is 2. The molecule has 0 heterocycles. The maximum atomic E-state index is 9.82. The van der Waals surface area contributed by atoms with Crippen molar-refractivity contribution >= 4 is 0 Å². The summed E-state index contributed by atoms with van der Waals surface area (Å²) >= 11 is 0. The normalized spacial score (nSPS) is 56.2. The van der Waals surface area contributed by atoms with E-state index in [1.165, 1.54) is 0 Å². The molecule has 0 aromatic rings. The highest BCUT2D eigenvalue weighted by molar-refractivity contribution is 5.13. The van der Waals surface area contributed by atoms with Crippen LogP contribution in [0, 0.1) is 16.7 Å². The van der Waals surface area contributed by atoms with Gasteiger partial charge >= 0.3 is 0 Å². The van der Waals surface area contributed by atoms with E-state index in [0.29, 0.717) is 5.92 Å². The second kappa shape index (κ2) is 2.05. The van der Waals surface area contributed by atoms with Crippen LogP contribution in [0.1, 0.15) is 33.6 Å². The molecule has 70 valence electrons. The monoisotopic (exact) mass is 170 g/mol. The summed E-state index contributed by atoms with van der Waals surface area (Å²) in [6.07, 6.45) is 1.16. The van der Waals surface area contributed by atoms with E-state index < -0.39 is 0 Å². The van der Waals surface area contributed by atoms with E-state index in [0.717, 1.165) is 12.8 Å². The largest absolute Gasteiger partial charge is 0.393 e. The van der Waals surface area contributed by atoms with Gasteiger partial charge in [-0.2, -0.15) is 0 Å². The zero-order chi connectivity index (χ0) is 9.15. The Morgan fingerprint density at radius 1 is 1.17 bits per heavy atom. The molecule has 2 aliphatic carbocycles. The molecular weight excluding hydrogens is 152 g/mol. The van der Waals surface area contributed by atoms with Crippen molar-refractivity contribution in [1.82, 2.24) is 0 Å². The molecule has 1 unspecified atom stereocenters. The van der Waals surface area contributed by atoms with E-state index in [1.807, 2.05) is 0 Å². The van der Waals surface area contributed by atoms with Gasteiger partial charge in [0.1, 0.15) is 0 Å². The van der Waals surface area contributed by atoms with Gasteiger partial charge in [-0.1, -0.05) is 20.8 Å². The van der Waals surface area contributed by atoms with Gasteiger partial charge in [-0.25, -0.2) is 0 Å². The minimum Gasteiger partial charge on any atom is -0.393 e. The fourth-order valence-electron chi connectivity index (χ4n) is 3.26. The lowest BCUT2D eigenvalue weighted by Crippen LogP contribution is -2.36. The topological polar surface area (TPSA) is 40.5 Å². The summed E-state index contributed by atoms with van der Waals surface area (Å²) in [5, 5.41) is 19.5. The molecule has 2 nitrogen and oxygen atoms in total. The summed E-state index contributed by atoms with van der Waals surface area (Å²) in [7, 11) is 0. The van der Waals surface area contributed by atoms with Crippen molar-refractivity contribution in [3.63, 3.8) is 0 Å². The number of hydrogen-bond donors (Lipinski definition) is 2. The van der Waals surface area contributed by atoms with Gasteiger partial charge in [0.25, 0.3) is 0 Å². The van der Waals surface area contributed by atoms with Crippen LogP contribution in [-0.2, 0) is 0 Å². The Balaban J connectivity index is 2.41. The zero-order valence-electron chi connectivity index (χ0n) is 8.04. The molecule has 2 heteroatoms. The Morgan fingerprint density at radius 2 is 1.75 bits per heavy atom. The summed E-state index contributed by atoms with van der Waals surface area (Å²) in [6.45, 7) is 6.45. The molecule has 0 aliphatic heterocycles. The highest BCUT2D eigenvalue weighted by Crippen LogP contribution is 2.65. The number of fused-ring (bicyclic) bond motifs is 2. The van der Waals surface area contributed by atoms with Crippen molar-refractivity contribution < 1.29 is 10.2 Å². The molecule has 0 radical (unpaired) electrons. The first kappa shape index (κ1) is 8.52. The van der Waals surface area contributed by atoms with Crippen LogP contribution in [0.25, 0.3) is 0 Å². The molecule has 0 spiro atoms. The standard InChI is InChI=1S/C10H18O2/c1-9(2)6-4-8(12)10(9,3)5-7(6)11/h6-8,11-12H,4-5H2,1-3H3/t6-,7+,8-,10?/m1/s1. The SMILES string of the molecule is CC1(C)[C@@H]2C[C@@H](O)C1(C)C[C@@H]2O. The van der Waals surface area contributed by atoms with Crippen LogP contribution in [0.3, 0.4) is 0 Å². The molecule has 2 aliphatic rings. The number of rotatable bonds is 0. The molecule has 0 saturated heterocycles. The second-order valence-corrected chi connectivity index (χ2v) is 5.27. The van der Waals surface area contributed by atoms with Gasteiger partial charge in [-0.05, 0) is 24.2 Å². The van der Waals surface area contributed by atoms with E-state index in [4.69, 9.17) is 0 Å². The predicted octanol–water partition coefficient (Wildman–Crippen LogP) is 1.16. The van der Waals surface area contributed by atoms with E-state index in [-0.39, 0.29) is 23.0 Å². The fraction of sp³-hybridized carbons (Fsp3) is 1.00. The van der Waals surface area contributed by atoms with Gasteiger partial charge in [-0.15, -0.1) is 0 Å². The number of hydrogen-bond acceptors (Lipinski definition) is 2. The van der Waals surface area contributed by atoms with Crippen molar-refractivity contribution in [3.05, 3.63) is 0 Å². The first-order valence-corrected chi connectivity index (χ1v) is 4.76. The smallest absolute Gasteiger partial charge is 0.0603 e. The Kier molecular flexibility index (Phi) is 1.45. The van der Waals surface area contributed by atoms with Gasteiger partial charge < -0.3 is 10.2 Å². The Bertz CT molecular complexity index is 212. The van der Waals surface area contributed by atoms with Crippen molar-refractivity contribution in [3.8, 4) is 0 Å². The maximum Gasteiger partial charge on any atom is 0.0603 e. The molecular formula is C10H18O2. The minimum absolute atomic E-state index is 0.0584. The van der Waals surface area contributed by atoms with Crippen molar-refractivity contribution in [2.24, 2.45) is 16.7 Å². The van der Waals surface area contributed by atoms with Crippen molar-refractivity contribution in [2.75, 3.05) is 0 Å². The molecule has 2 bridgehead atoms. The molecule has 0 aromatic heterocycles. The van der Waals surface area contributed by atoms with Gasteiger partial charge in [0.05, 0.1) is 12.2 Å². The lowest BCUT2D eigenvalue weighted by Gasteiger charge is -2.36. The minimum atomic E-state index is -0.208. The van der Waals surface area contributed by atoms with Crippen LogP contribution in [0.2, 0.25) is 0 Å². The molecule has 2 N–H and O–H groups in total. The molecule has 2 rings (SSSR count). The van der Waals surface area contributed by atoms with Crippen molar-refractivity contribution in [2.45, 2.75) is 45.8 Å². The number of aliphatic hydroxyl groups excluding tert-OH is 2. The van der Waals surface area contributed by atoms with Crippen molar-refractivity contribution in [1.29, 1.82) is 0 Å². The van der Waals surface area contributed by atoms with Gasteiger partial charge in [-0.3, -0.25) is 0 Å². The van der Waals surface area contributed by atoms with Crippen LogP contribution >= 0.6 is 0 Å². The van der Waals surface area contributed by atoms with Gasteiger partial charge in [0.2, 0.25) is 0 Å². The maximum absolute atomic E-state index is 9.82. The molecule has 0 aromatic carbocycles. The average molecular weight is 170 g/mol. The first-order chi connectivity index (χ1) is 5.39. The fourth-order valence-corrected chi connectivity index (χ4v) is 3.26. The van der Waals surface area contributed by atoms with E-state index in [1.54, 1.807) is 0 Å². The average Bonchev–Trinajstić information content (AvgIpc) is 2.18. The van der Waals surface area contributed by atoms with Crippen LogP contribution in [0.5, 0.6) is 0 Å². The zero-order valence-corrected chi connectivity index (χ0v) is 8.04. The quantitative estimate of drug-likeness (QED) is 0.573. The molecule has 2 saturated carbocycles. The van der Waals surface area contributed by atoms with E-state index in [2.05, 4.69) is 20.8 Å². The molecule has 4 atom stereocenters. The Labute approximate surface area is 73.6 Å². The summed E-state index contributed by atoms with van der Waals surface area (Å²) in [4.78, 5) is 0. The molecule has 0 amide bonds. The third-order valence-electron chi connectivity index (χ3n) is 4.71. The summed E-state index contributed by atoms with van der Waals surface area (Å²) < 4.78 is 0. The van der Waals surface area contributed by atoms with Gasteiger partial charge in [0.15, 0.2) is 0 Å². The first-order valence-electron chi connectivity index (χ1n) is 4.76. The lowest BCUT2D eigenvalue weighted by atomic mass is 9.70. The van der Waals surface area contributed by atoms with Crippen LogP contribution in [0.15, 0.2) is 0 Å². The lowest BCUT2D eigenvalue weighted by molar-refractivity contribution is -0.00727. The Hall–Kier alpha value is -0.0800. The third-order valence-corrected chi connectivity index (χ3v) is 4.71. The summed E-state index contributed by atoms with van der Waals surface area (Å²) in [5.41, 5.74) is 0.0446. The van der Waals surface area contributed by atoms with Crippen LogP contribution < -0.4 is 0 Å². The van der Waals surface area contributed by atoms with Crippen LogP contribution in [-0.4, -0.2) is 22.4 Å². The molecule has 2 fully saturated rings. The van der Waals surface area contributed by atoms with Crippen LogP contribution in [0.4, 0.5) is 0 Å². The highest BCUT2D eigenvalue weighted by Gasteiger charge is 2.64. The summed E-state index contributed by atoms with van der Waals surface area (Å²) in [5.74, 6) is 0.303. The Morgan fingerprint density at radius 3 is 2.00 bits per heavy atom. The third kappa shape index (κ3) is 0.686. The highest BCUT2D eigenvalue weighted by atomic mass is 16.3. The predicted molar refractivity (Wildman–Crippen MR) is 46.6 cm³/mol. The van der Waals surface area contributed by atoms with E-state index in [9.17, 15) is 10.2 Å². The van der Waals surface area contributed by atoms with E-state index >= 15 is 0 Å².